The van der Waals surface area contributed by atoms with Gasteiger partial charge in [0, 0.05) is 11.3 Å². The minimum absolute atomic E-state index is 0.161. The van der Waals surface area contributed by atoms with Crippen molar-refractivity contribution in [2.24, 2.45) is 22.0 Å². The van der Waals surface area contributed by atoms with Crippen molar-refractivity contribution in [2.45, 2.75) is 20.3 Å². The second kappa shape index (κ2) is 6.05. The quantitative estimate of drug-likeness (QED) is 0.275. The van der Waals surface area contributed by atoms with Crippen LogP contribution in [0.4, 0.5) is 5.69 Å². The molecule has 7 heteroatoms. The topological polar surface area (TPSA) is 131 Å². The monoisotopic (exact) mass is 278 g/mol. The number of amides is 2. The highest BCUT2D eigenvalue weighted by atomic mass is 16.4. The Morgan fingerprint density at radius 2 is 1.85 bits per heavy atom. The molecule has 0 saturated carbocycles. The normalized spacial score (nSPS) is 14.4. The lowest BCUT2D eigenvalue weighted by Crippen LogP contribution is -2.44. The molecule has 0 aliphatic rings. The molecule has 0 fully saturated rings. The number of anilines is 1. The number of benzene rings is 1. The molecule has 1 aromatic rings. The minimum atomic E-state index is -1.11. The number of rotatable bonds is 5. The molecule has 0 bridgehead atoms. The summed E-state index contributed by atoms with van der Waals surface area (Å²) >= 11 is 0. The van der Waals surface area contributed by atoms with Gasteiger partial charge in [-0.15, -0.1) is 0 Å². The van der Waals surface area contributed by atoms with E-state index in [0.29, 0.717) is 17.7 Å². The smallest absolute Gasteiger partial charge is 0.248 e. The summed E-state index contributed by atoms with van der Waals surface area (Å²) in [5, 5.41) is 14.3. The maximum absolute atomic E-state index is 12.2. The first-order valence-electron chi connectivity index (χ1n) is 6.04. The summed E-state index contributed by atoms with van der Waals surface area (Å²) in [6.45, 7) is 3.34. The maximum atomic E-state index is 12.2. The van der Waals surface area contributed by atoms with Crippen LogP contribution < -0.4 is 16.8 Å². The lowest BCUT2D eigenvalue weighted by Gasteiger charge is -2.25. The number of hydrogen-bond donors (Lipinski definition) is 4. The summed E-state index contributed by atoms with van der Waals surface area (Å²) in [6, 6.07) is 6.12. The van der Waals surface area contributed by atoms with E-state index >= 15 is 0 Å². The zero-order valence-electron chi connectivity index (χ0n) is 11.4. The first-order valence-corrected chi connectivity index (χ1v) is 6.04. The molecule has 0 aliphatic heterocycles. The average molecular weight is 278 g/mol. The lowest BCUT2D eigenvalue weighted by atomic mass is 9.85. The van der Waals surface area contributed by atoms with Gasteiger partial charge in [-0.25, -0.2) is 0 Å². The van der Waals surface area contributed by atoms with Crippen LogP contribution in [0.15, 0.2) is 29.4 Å². The van der Waals surface area contributed by atoms with Crippen LogP contribution in [0.1, 0.15) is 30.6 Å². The van der Waals surface area contributed by atoms with E-state index in [1.807, 2.05) is 0 Å². The van der Waals surface area contributed by atoms with Gasteiger partial charge in [0.2, 0.25) is 11.8 Å². The Morgan fingerprint density at radius 3 is 2.25 bits per heavy atom. The summed E-state index contributed by atoms with van der Waals surface area (Å²) < 4.78 is 0. The number of carbonyl (C=O) groups excluding carboxylic acids is 2. The molecule has 1 atom stereocenters. The predicted octanol–water partition coefficient (Wildman–Crippen LogP) is 0.887. The molecule has 7 nitrogen and oxygen atoms in total. The molecule has 1 aromatic carbocycles. The number of primary amides is 1. The fraction of sp³-hybridized carbons (Fsp3) is 0.308. The van der Waals surface area contributed by atoms with Crippen LogP contribution in [0.5, 0.6) is 0 Å². The molecule has 2 amide bonds. The SMILES string of the molecule is CCC(C)(C(=O)Nc1ccc(C(N)=O)cc1)/C(N)=N/O. The molecular weight excluding hydrogens is 260 g/mol. The third kappa shape index (κ3) is 3.05. The van der Waals surface area contributed by atoms with Crippen LogP contribution in [-0.2, 0) is 4.79 Å². The van der Waals surface area contributed by atoms with Crippen LogP contribution in [0, 0.1) is 5.41 Å². The molecule has 0 aliphatic carbocycles. The third-order valence-corrected chi connectivity index (χ3v) is 3.31. The van der Waals surface area contributed by atoms with Crippen molar-refractivity contribution in [1.82, 2.24) is 0 Å². The van der Waals surface area contributed by atoms with Crippen molar-refractivity contribution >= 4 is 23.3 Å². The van der Waals surface area contributed by atoms with Crippen molar-refractivity contribution < 1.29 is 14.8 Å². The number of amidine groups is 1. The Balaban J connectivity index is 2.92. The molecule has 20 heavy (non-hydrogen) atoms. The third-order valence-electron chi connectivity index (χ3n) is 3.31. The van der Waals surface area contributed by atoms with Gasteiger partial charge in [-0.1, -0.05) is 12.1 Å². The Hall–Kier alpha value is -2.57. The predicted molar refractivity (Wildman–Crippen MR) is 75.4 cm³/mol. The van der Waals surface area contributed by atoms with Crippen LogP contribution in [0.2, 0.25) is 0 Å². The fourth-order valence-corrected chi connectivity index (χ4v) is 1.56. The van der Waals surface area contributed by atoms with Gasteiger partial charge in [-0.2, -0.15) is 0 Å². The highest BCUT2D eigenvalue weighted by molar-refractivity contribution is 6.11. The Bertz CT molecular complexity index is 539. The lowest BCUT2D eigenvalue weighted by molar-refractivity contribution is -0.121. The van der Waals surface area contributed by atoms with Gasteiger partial charge in [-0.3, -0.25) is 9.59 Å². The van der Waals surface area contributed by atoms with Crippen molar-refractivity contribution in [3.05, 3.63) is 29.8 Å². The number of hydrogen-bond acceptors (Lipinski definition) is 4. The van der Waals surface area contributed by atoms with Gasteiger partial charge in [0.05, 0.1) is 0 Å². The van der Waals surface area contributed by atoms with Gasteiger partial charge < -0.3 is 22.0 Å². The molecule has 108 valence electrons. The summed E-state index contributed by atoms with van der Waals surface area (Å²) in [5.41, 5.74) is 10.4. The van der Waals surface area contributed by atoms with Gasteiger partial charge in [-0.05, 0) is 37.6 Å². The van der Waals surface area contributed by atoms with E-state index in [-0.39, 0.29) is 5.84 Å². The van der Waals surface area contributed by atoms with Crippen LogP contribution in [0.25, 0.3) is 0 Å². The molecule has 1 unspecified atom stereocenters. The molecule has 0 aromatic heterocycles. The minimum Gasteiger partial charge on any atom is -0.409 e. The summed E-state index contributed by atoms with van der Waals surface area (Å²) in [6.07, 6.45) is 0.369. The Labute approximate surface area is 116 Å². The first kappa shape index (κ1) is 15.5. The van der Waals surface area contributed by atoms with Gasteiger partial charge in [0.1, 0.15) is 5.41 Å². The summed E-state index contributed by atoms with van der Waals surface area (Å²) in [5.74, 6) is -1.11. The second-order valence-corrected chi connectivity index (χ2v) is 4.57. The standard InChI is InChI=1S/C13H18N4O3/c1-3-13(2,11(15)17-20)12(19)16-9-6-4-8(5-7-9)10(14)18/h4-7,20H,3H2,1-2H3,(H2,14,18)(H2,15,17)(H,16,19). The highest BCUT2D eigenvalue weighted by Gasteiger charge is 2.36. The van der Waals surface area contributed by atoms with Crippen LogP contribution in [-0.4, -0.2) is 22.9 Å². The van der Waals surface area contributed by atoms with Crippen molar-refractivity contribution in [1.29, 1.82) is 0 Å². The van der Waals surface area contributed by atoms with E-state index in [1.165, 1.54) is 12.1 Å². The Morgan fingerprint density at radius 1 is 1.30 bits per heavy atom. The molecular formula is C13H18N4O3. The molecule has 1 rings (SSSR count). The molecule has 0 spiro atoms. The summed E-state index contributed by atoms with van der Waals surface area (Å²) in [7, 11) is 0. The van der Waals surface area contributed by atoms with Crippen molar-refractivity contribution in [2.75, 3.05) is 5.32 Å². The van der Waals surface area contributed by atoms with Crippen molar-refractivity contribution in [3.8, 4) is 0 Å². The molecule has 0 saturated heterocycles. The molecule has 6 N–H and O–H groups in total. The van der Waals surface area contributed by atoms with Crippen LogP contribution in [0.3, 0.4) is 0 Å². The number of nitrogens with one attached hydrogen (secondary N) is 1. The largest absolute Gasteiger partial charge is 0.409 e. The van der Waals surface area contributed by atoms with Gasteiger partial charge >= 0.3 is 0 Å². The van der Waals surface area contributed by atoms with E-state index in [2.05, 4.69) is 10.5 Å². The van der Waals surface area contributed by atoms with Gasteiger partial charge in [0.15, 0.2) is 5.84 Å². The van der Waals surface area contributed by atoms with Crippen molar-refractivity contribution in [3.63, 3.8) is 0 Å². The maximum Gasteiger partial charge on any atom is 0.248 e. The van der Waals surface area contributed by atoms with E-state index in [4.69, 9.17) is 16.7 Å². The second-order valence-electron chi connectivity index (χ2n) is 4.57. The van der Waals surface area contributed by atoms with E-state index in [1.54, 1.807) is 26.0 Å². The fourth-order valence-electron chi connectivity index (χ4n) is 1.56. The van der Waals surface area contributed by atoms with Gasteiger partial charge in [0.25, 0.3) is 0 Å². The number of nitrogens with two attached hydrogens (primary N) is 2. The average Bonchev–Trinajstić information content (AvgIpc) is 2.45. The van der Waals surface area contributed by atoms with E-state index in [0.717, 1.165) is 0 Å². The zero-order chi connectivity index (χ0) is 15.3. The summed E-state index contributed by atoms with van der Waals surface area (Å²) in [4.78, 5) is 23.2. The highest BCUT2D eigenvalue weighted by Crippen LogP contribution is 2.24. The van der Waals surface area contributed by atoms with E-state index < -0.39 is 17.2 Å². The number of carbonyl (C=O) groups is 2. The first-order chi connectivity index (χ1) is 9.35. The zero-order valence-corrected chi connectivity index (χ0v) is 11.4. The number of nitrogens with zero attached hydrogens (tertiary/aromatic N) is 1. The van der Waals surface area contributed by atoms with E-state index in [9.17, 15) is 9.59 Å². The Kier molecular flexibility index (Phi) is 4.68. The van der Waals surface area contributed by atoms with Crippen LogP contribution >= 0.6 is 0 Å². The molecule has 0 heterocycles. The number of oxime groups is 1. The molecule has 0 radical (unpaired) electrons.